The Balaban J connectivity index is 1.25. The Morgan fingerprint density at radius 3 is 2.90 bits per heavy atom. The molecule has 2 aromatic heterocycles. The van der Waals surface area contributed by atoms with Crippen LogP contribution in [0.2, 0.25) is 0 Å². The lowest BCUT2D eigenvalue weighted by molar-refractivity contribution is -0.149. The molecule has 1 aromatic carbocycles. The lowest BCUT2D eigenvalue weighted by Crippen LogP contribution is -2.27. The van der Waals surface area contributed by atoms with Gasteiger partial charge in [-0.05, 0) is 12.1 Å². The average Bonchev–Trinajstić information content (AvgIpc) is 3.38. The van der Waals surface area contributed by atoms with Crippen molar-refractivity contribution in [2.75, 3.05) is 24.7 Å². The third-order valence-corrected chi connectivity index (χ3v) is 5.77. The van der Waals surface area contributed by atoms with Crippen LogP contribution in [0.5, 0.6) is 11.5 Å². The largest absolute Gasteiger partial charge is 0.486 e. The maximum Gasteiger partial charge on any atom is 0.311 e. The summed E-state index contributed by atoms with van der Waals surface area (Å²) in [5.74, 6) is -0.0172. The minimum absolute atomic E-state index is 0.0628. The molecule has 0 aliphatic carbocycles. The van der Waals surface area contributed by atoms with Crippen molar-refractivity contribution < 1.29 is 23.8 Å². The number of ether oxygens (including phenoxy) is 3. The predicted molar refractivity (Wildman–Crippen MR) is 107 cm³/mol. The van der Waals surface area contributed by atoms with Crippen LogP contribution in [0.15, 0.2) is 40.6 Å². The van der Waals surface area contributed by atoms with E-state index in [1.807, 2.05) is 0 Å². The SMILES string of the molecule is O=C(OCc1cc(=O)n2ccsc2n1)[C@@H]1CC(=O)N(c2ccc3c(c2)OCCO3)C1. The Kier molecular flexibility index (Phi) is 4.62. The molecule has 30 heavy (non-hydrogen) atoms. The second kappa shape index (κ2) is 7.45. The maximum atomic E-state index is 12.5. The van der Waals surface area contributed by atoms with Gasteiger partial charge >= 0.3 is 5.97 Å². The van der Waals surface area contributed by atoms with Crippen molar-refractivity contribution in [3.05, 3.63) is 51.9 Å². The van der Waals surface area contributed by atoms with Crippen molar-refractivity contribution >= 4 is 33.9 Å². The summed E-state index contributed by atoms with van der Waals surface area (Å²) in [4.78, 5) is 43.4. The molecule has 5 rings (SSSR count). The average molecular weight is 427 g/mol. The monoisotopic (exact) mass is 427 g/mol. The van der Waals surface area contributed by atoms with E-state index in [1.165, 1.54) is 21.8 Å². The van der Waals surface area contributed by atoms with Gasteiger partial charge in [0.15, 0.2) is 16.5 Å². The van der Waals surface area contributed by atoms with Gasteiger partial charge in [0, 0.05) is 42.4 Å². The fourth-order valence-electron chi connectivity index (χ4n) is 3.54. The zero-order valence-corrected chi connectivity index (χ0v) is 16.6. The second-order valence-corrected chi connectivity index (χ2v) is 7.86. The van der Waals surface area contributed by atoms with Gasteiger partial charge in [-0.15, -0.1) is 11.3 Å². The number of amides is 1. The van der Waals surface area contributed by atoms with Crippen molar-refractivity contribution in [3.63, 3.8) is 0 Å². The molecule has 0 saturated carbocycles. The lowest BCUT2D eigenvalue weighted by atomic mass is 10.1. The van der Waals surface area contributed by atoms with E-state index in [9.17, 15) is 14.4 Å². The highest BCUT2D eigenvalue weighted by molar-refractivity contribution is 7.15. The first-order valence-corrected chi connectivity index (χ1v) is 10.3. The summed E-state index contributed by atoms with van der Waals surface area (Å²) in [6.07, 6.45) is 1.70. The smallest absolute Gasteiger partial charge is 0.311 e. The highest BCUT2D eigenvalue weighted by atomic mass is 32.1. The number of anilines is 1. The first-order chi connectivity index (χ1) is 14.6. The molecule has 0 unspecified atom stereocenters. The fourth-order valence-corrected chi connectivity index (χ4v) is 4.28. The molecule has 3 aromatic rings. The summed E-state index contributed by atoms with van der Waals surface area (Å²) in [5.41, 5.74) is 0.800. The molecule has 0 bridgehead atoms. The van der Waals surface area contributed by atoms with Crippen LogP contribution in [-0.2, 0) is 20.9 Å². The summed E-state index contributed by atoms with van der Waals surface area (Å²) in [6.45, 7) is 1.05. The predicted octanol–water partition coefficient (Wildman–Crippen LogP) is 1.62. The van der Waals surface area contributed by atoms with Gasteiger partial charge in [-0.25, -0.2) is 4.98 Å². The molecule has 9 nitrogen and oxygen atoms in total. The Hall–Kier alpha value is -3.40. The molecular formula is C20H17N3O6S. The number of esters is 1. The topological polar surface area (TPSA) is 99.4 Å². The van der Waals surface area contributed by atoms with E-state index in [0.717, 1.165) is 0 Å². The van der Waals surface area contributed by atoms with E-state index in [-0.39, 0.29) is 31.0 Å². The molecular weight excluding hydrogens is 410 g/mol. The Morgan fingerprint density at radius 2 is 2.03 bits per heavy atom. The number of nitrogens with zero attached hydrogens (tertiary/aromatic N) is 3. The van der Waals surface area contributed by atoms with Gasteiger partial charge in [-0.2, -0.15) is 0 Å². The zero-order chi connectivity index (χ0) is 20.7. The number of hydrogen-bond acceptors (Lipinski definition) is 8. The maximum absolute atomic E-state index is 12.5. The van der Waals surface area contributed by atoms with Gasteiger partial charge in [0.1, 0.15) is 19.8 Å². The molecule has 1 saturated heterocycles. The fraction of sp³-hybridized carbons (Fsp3) is 0.300. The molecule has 2 aliphatic rings. The van der Waals surface area contributed by atoms with Crippen LogP contribution in [0.4, 0.5) is 5.69 Å². The number of carbonyl (C=O) groups excluding carboxylic acids is 2. The van der Waals surface area contributed by atoms with Crippen molar-refractivity contribution in [2.24, 2.45) is 5.92 Å². The second-order valence-electron chi connectivity index (χ2n) is 6.98. The molecule has 0 spiro atoms. The van der Waals surface area contributed by atoms with Crippen molar-refractivity contribution in [2.45, 2.75) is 13.0 Å². The van der Waals surface area contributed by atoms with Gasteiger partial charge in [-0.3, -0.25) is 18.8 Å². The van der Waals surface area contributed by atoms with Crippen LogP contribution in [0.1, 0.15) is 12.1 Å². The van der Waals surface area contributed by atoms with Gasteiger partial charge < -0.3 is 19.1 Å². The molecule has 1 atom stereocenters. The van der Waals surface area contributed by atoms with Crippen LogP contribution in [0, 0.1) is 5.92 Å². The van der Waals surface area contributed by atoms with E-state index in [2.05, 4.69) is 4.98 Å². The summed E-state index contributed by atoms with van der Waals surface area (Å²) >= 11 is 1.32. The van der Waals surface area contributed by atoms with Crippen LogP contribution in [0.25, 0.3) is 4.96 Å². The van der Waals surface area contributed by atoms with Gasteiger partial charge in [-0.1, -0.05) is 0 Å². The molecule has 2 aliphatic heterocycles. The van der Waals surface area contributed by atoms with E-state index < -0.39 is 11.9 Å². The number of rotatable bonds is 4. The minimum Gasteiger partial charge on any atom is -0.486 e. The van der Waals surface area contributed by atoms with Gasteiger partial charge in [0.05, 0.1) is 11.6 Å². The molecule has 0 N–H and O–H groups in total. The highest BCUT2D eigenvalue weighted by Gasteiger charge is 2.36. The number of aromatic nitrogens is 2. The summed E-state index contributed by atoms with van der Waals surface area (Å²) < 4.78 is 17.8. The van der Waals surface area contributed by atoms with E-state index >= 15 is 0 Å². The number of fused-ring (bicyclic) bond motifs is 2. The third kappa shape index (κ3) is 3.39. The molecule has 1 amide bonds. The van der Waals surface area contributed by atoms with Crippen molar-refractivity contribution in [3.8, 4) is 11.5 Å². The number of carbonyl (C=O) groups is 2. The lowest BCUT2D eigenvalue weighted by Gasteiger charge is -2.22. The van der Waals surface area contributed by atoms with Crippen molar-refractivity contribution in [1.29, 1.82) is 0 Å². The summed E-state index contributed by atoms with van der Waals surface area (Å²) in [6, 6.07) is 6.61. The third-order valence-electron chi connectivity index (χ3n) is 5.01. The number of benzene rings is 1. The van der Waals surface area contributed by atoms with Crippen LogP contribution < -0.4 is 19.9 Å². The molecule has 0 radical (unpaired) electrons. The normalized spacial score (nSPS) is 18.1. The Labute approximate surface area is 174 Å². The quantitative estimate of drug-likeness (QED) is 0.584. The zero-order valence-electron chi connectivity index (χ0n) is 15.8. The number of thiazole rings is 1. The van der Waals surface area contributed by atoms with E-state index in [4.69, 9.17) is 14.2 Å². The Bertz CT molecular complexity index is 1200. The first kappa shape index (κ1) is 18.6. The van der Waals surface area contributed by atoms with E-state index in [1.54, 1.807) is 34.7 Å². The van der Waals surface area contributed by atoms with E-state index in [0.29, 0.717) is 41.1 Å². The van der Waals surface area contributed by atoms with Crippen molar-refractivity contribution in [1.82, 2.24) is 9.38 Å². The van der Waals surface area contributed by atoms with Gasteiger partial charge in [0.2, 0.25) is 5.91 Å². The highest BCUT2D eigenvalue weighted by Crippen LogP contribution is 2.36. The van der Waals surface area contributed by atoms with Crippen LogP contribution in [0.3, 0.4) is 0 Å². The van der Waals surface area contributed by atoms with Crippen LogP contribution >= 0.6 is 11.3 Å². The molecule has 10 heteroatoms. The van der Waals surface area contributed by atoms with Crippen LogP contribution in [-0.4, -0.2) is 41.0 Å². The number of hydrogen-bond donors (Lipinski definition) is 0. The molecule has 4 heterocycles. The Morgan fingerprint density at radius 1 is 1.20 bits per heavy atom. The summed E-state index contributed by atoms with van der Waals surface area (Å²) in [7, 11) is 0. The summed E-state index contributed by atoms with van der Waals surface area (Å²) in [5, 5.41) is 1.76. The molecule has 1 fully saturated rings. The standard InChI is InChI=1S/C20H17N3O6S/c24-17-7-12(10-23(17)14-1-2-15-16(9-14)28-5-4-27-15)19(26)29-11-13-8-18(25)22-3-6-30-20(22)21-13/h1-3,6,8-9,12H,4-5,7,10-11H2/t12-/m1/s1. The van der Waals surface area contributed by atoms with Gasteiger partial charge in [0.25, 0.3) is 5.56 Å². The first-order valence-electron chi connectivity index (χ1n) is 9.41. The minimum atomic E-state index is -0.586. The molecule has 154 valence electrons.